The number of rotatable bonds is 3. The number of nitrogens with zero attached hydrogens (tertiary/aromatic N) is 1. The van der Waals surface area contributed by atoms with Crippen LogP contribution in [0.25, 0.3) is 0 Å². The maximum absolute atomic E-state index is 11.8. The van der Waals surface area contributed by atoms with Gasteiger partial charge < -0.3 is 5.32 Å². The van der Waals surface area contributed by atoms with E-state index in [1.165, 1.54) is 5.56 Å². The summed E-state index contributed by atoms with van der Waals surface area (Å²) < 4.78 is 0. The number of hydrazine groups is 1. The van der Waals surface area contributed by atoms with Gasteiger partial charge in [-0.25, -0.2) is 0 Å². The Labute approximate surface area is 124 Å². The SMILES string of the molecule is O=C1CCCC(=O)N1Nc1ccc(C2CCNCC2)cc1. The van der Waals surface area contributed by atoms with Crippen molar-refractivity contribution in [1.29, 1.82) is 0 Å². The maximum Gasteiger partial charge on any atom is 0.248 e. The van der Waals surface area contributed by atoms with Crippen molar-refractivity contribution in [2.75, 3.05) is 18.5 Å². The number of benzene rings is 1. The van der Waals surface area contributed by atoms with E-state index < -0.39 is 0 Å². The first-order valence-electron chi connectivity index (χ1n) is 7.67. The summed E-state index contributed by atoms with van der Waals surface area (Å²) in [6, 6.07) is 8.09. The highest BCUT2D eigenvalue weighted by Crippen LogP contribution is 2.26. The minimum absolute atomic E-state index is 0.145. The van der Waals surface area contributed by atoms with E-state index in [4.69, 9.17) is 0 Å². The quantitative estimate of drug-likeness (QED) is 0.835. The molecule has 0 atom stereocenters. The summed E-state index contributed by atoms with van der Waals surface area (Å²) in [7, 11) is 0. The molecular formula is C16H21N3O2. The number of hydrogen-bond donors (Lipinski definition) is 2. The van der Waals surface area contributed by atoms with E-state index in [0.29, 0.717) is 25.2 Å². The normalized spacial score (nSPS) is 20.7. The monoisotopic (exact) mass is 287 g/mol. The topological polar surface area (TPSA) is 61.4 Å². The molecule has 3 rings (SSSR count). The molecule has 2 heterocycles. The van der Waals surface area contributed by atoms with Crippen LogP contribution >= 0.6 is 0 Å². The van der Waals surface area contributed by atoms with Crippen molar-refractivity contribution in [1.82, 2.24) is 10.3 Å². The summed E-state index contributed by atoms with van der Waals surface area (Å²) in [6.45, 7) is 2.14. The van der Waals surface area contributed by atoms with Gasteiger partial charge in [0.2, 0.25) is 11.8 Å². The predicted molar refractivity (Wildman–Crippen MR) is 80.6 cm³/mol. The highest BCUT2D eigenvalue weighted by atomic mass is 16.2. The zero-order valence-electron chi connectivity index (χ0n) is 12.1. The largest absolute Gasteiger partial charge is 0.317 e. The summed E-state index contributed by atoms with van der Waals surface area (Å²) >= 11 is 0. The summed E-state index contributed by atoms with van der Waals surface area (Å²) in [5.74, 6) is 0.320. The Bertz CT molecular complexity index is 505. The number of hydrogen-bond acceptors (Lipinski definition) is 4. The van der Waals surface area contributed by atoms with E-state index >= 15 is 0 Å². The van der Waals surface area contributed by atoms with Gasteiger partial charge in [0.1, 0.15) is 0 Å². The standard InChI is InChI=1S/C16H21N3O2/c20-15-2-1-3-16(21)19(15)18-14-6-4-12(5-7-14)13-8-10-17-11-9-13/h4-7,13,17-18H,1-3,8-11H2. The molecule has 0 aromatic heterocycles. The van der Waals surface area contributed by atoms with Gasteiger partial charge in [0.15, 0.2) is 0 Å². The van der Waals surface area contributed by atoms with Gasteiger partial charge in [-0.3, -0.25) is 15.0 Å². The molecule has 2 N–H and O–H groups in total. The molecular weight excluding hydrogens is 266 g/mol. The van der Waals surface area contributed by atoms with Gasteiger partial charge in [0.25, 0.3) is 0 Å². The van der Waals surface area contributed by atoms with Crippen LogP contribution in [-0.4, -0.2) is 29.9 Å². The van der Waals surface area contributed by atoms with E-state index in [1.54, 1.807) is 0 Å². The van der Waals surface area contributed by atoms with Crippen molar-refractivity contribution in [3.05, 3.63) is 29.8 Å². The first-order valence-corrected chi connectivity index (χ1v) is 7.67. The third kappa shape index (κ3) is 3.24. The van der Waals surface area contributed by atoms with Crippen LogP contribution in [0.3, 0.4) is 0 Å². The van der Waals surface area contributed by atoms with Crippen molar-refractivity contribution in [3.8, 4) is 0 Å². The number of carbonyl (C=O) groups excluding carboxylic acids is 2. The number of imide groups is 1. The third-order valence-electron chi connectivity index (χ3n) is 4.24. The number of piperidine rings is 2. The summed E-state index contributed by atoms with van der Waals surface area (Å²) in [5.41, 5.74) is 5.05. The molecule has 5 heteroatoms. The first kappa shape index (κ1) is 14.1. The fraction of sp³-hybridized carbons (Fsp3) is 0.500. The zero-order valence-corrected chi connectivity index (χ0v) is 12.1. The lowest BCUT2D eigenvalue weighted by atomic mass is 9.90. The van der Waals surface area contributed by atoms with Crippen LogP contribution in [-0.2, 0) is 9.59 Å². The van der Waals surface area contributed by atoms with E-state index in [1.807, 2.05) is 12.1 Å². The van der Waals surface area contributed by atoms with Gasteiger partial charge >= 0.3 is 0 Å². The van der Waals surface area contributed by atoms with Crippen molar-refractivity contribution < 1.29 is 9.59 Å². The lowest BCUT2D eigenvalue weighted by Crippen LogP contribution is -2.44. The predicted octanol–water partition coefficient (Wildman–Crippen LogP) is 2.02. The second kappa shape index (κ2) is 6.26. The molecule has 0 spiro atoms. The Morgan fingerprint density at radius 2 is 1.62 bits per heavy atom. The van der Waals surface area contributed by atoms with Gasteiger partial charge in [0, 0.05) is 12.8 Å². The molecule has 0 saturated carbocycles. The van der Waals surface area contributed by atoms with E-state index in [9.17, 15) is 9.59 Å². The zero-order chi connectivity index (χ0) is 14.7. The third-order valence-corrected chi connectivity index (χ3v) is 4.24. The number of anilines is 1. The van der Waals surface area contributed by atoms with Gasteiger partial charge in [-0.1, -0.05) is 12.1 Å². The van der Waals surface area contributed by atoms with Crippen molar-refractivity contribution >= 4 is 17.5 Å². The molecule has 0 bridgehead atoms. The van der Waals surface area contributed by atoms with Crippen LogP contribution in [0.4, 0.5) is 5.69 Å². The first-order chi connectivity index (χ1) is 10.2. The average Bonchev–Trinajstić information content (AvgIpc) is 2.53. The maximum atomic E-state index is 11.8. The molecule has 1 aromatic carbocycles. The summed E-state index contributed by atoms with van der Waals surface area (Å²) in [6.07, 6.45) is 3.86. The molecule has 2 amide bonds. The summed E-state index contributed by atoms with van der Waals surface area (Å²) in [4.78, 5) is 23.5. The molecule has 2 fully saturated rings. The second-order valence-electron chi connectivity index (χ2n) is 5.73. The van der Waals surface area contributed by atoms with Crippen molar-refractivity contribution in [2.24, 2.45) is 0 Å². The molecule has 0 radical (unpaired) electrons. The lowest BCUT2D eigenvalue weighted by molar-refractivity contribution is -0.146. The van der Waals surface area contributed by atoms with Crippen LogP contribution in [0.1, 0.15) is 43.6 Å². The highest BCUT2D eigenvalue weighted by molar-refractivity contribution is 5.98. The van der Waals surface area contributed by atoms with Crippen LogP contribution in [0.2, 0.25) is 0 Å². The Kier molecular flexibility index (Phi) is 4.20. The van der Waals surface area contributed by atoms with Crippen LogP contribution < -0.4 is 10.7 Å². The molecule has 112 valence electrons. The second-order valence-corrected chi connectivity index (χ2v) is 5.73. The fourth-order valence-corrected chi connectivity index (χ4v) is 2.99. The minimum atomic E-state index is -0.145. The Hall–Kier alpha value is -1.88. The molecule has 5 nitrogen and oxygen atoms in total. The highest BCUT2D eigenvalue weighted by Gasteiger charge is 2.26. The summed E-state index contributed by atoms with van der Waals surface area (Å²) in [5, 5.41) is 4.52. The number of carbonyl (C=O) groups is 2. The molecule has 2 saturated heterocycles. The molecule has 1 aromatic rings. The molecule has 2 aliphatic rings. The van der Waals surface area contributed by atoms with E-state index in [-0.39, 0.29) is 11.8 Å². The lowest BCUT2D eigenvalue weighted by Gasteiger charge is -2.26. The molecule has 21 heavy (non-hydrogen) atoms. The van der Waals surface area contributed by atoms with Crippen LogP contribution in [0.5, 0.6) is 0 Å². The van der Waals surface area contributed by atoms with E-state index in [2.05, 4.69) is 22.9 Å². The Balaban J connectivity index is 1.66. The van der Waals surface area contributed by atoms with Gasteiger partial charge in [-0.2, -0.15) is 5.01 Å². The minimum Gasteiger partial charge on any atom is -0.317 e. The smallest absolute Gasteiger partial charge is 0.248 e. The van der Waals surface area contributed by atoms with Gasteiger partial charge in [0.05, 0.1) is 5.69 Å². The Morgan fingerprint density at radius 3 is 2.24 bits per heavy atom. The number of amides is 2. The van der Waals surface area contributed by atoms with Crippen LogP contribution in [0, 0.1) is 0 Å². The molecule has 2 aliphatic heterocycles. The van der Waals surface area contributed by atoms with Crippen molar-refractivity contribution in [3.63, 3.8) is 0 Å². The van der Waals surface area contributed by atoms with Gasteiger partial charge in [-0.15, -0.1) is 0 Å². The fourth-order valence-electron chi connectivity index (χ4n) is 2.99. The number of nitrogens with one attached hydrogen (secondary N) is 2. The molecule has 0 aliphatic carbocycles. The van der Waals surface area contributed by atoms with Crippen LogP contribution in [0.15, 0.2) is 24.3 Å². The Morgan fingerprint density at radius 1 is 1.00 bits per heavy atom. The molecule has 0 unspecified atom stereocenters. The van der Waals surface area contributed by atoms with E-state index in [0.717, 1.165) is 36.6 Å². The average molecular weight is 287 g/mol. The van der Waals surface area contributed by atoms with Crippen molar-refractivity contribution in [2.45, 2.75) is 38.0 Å². The van der Waals surface area contributed by atoms with Gasteiger partial charge in [-0.05, 0) is 56.0 Å².